The number of halogens is 1. The maximum absolute atomic E-state index is 13.4. The van der Waals surface area contributed by atoms with Gasteiger partial charge in [-0.1, -0.05) is 6.07 Å². The molecule has 0 saturated heterocycles. The first-order valence-electron chi connectivity index (χ1n) is 11.8. The molecule has 9 nitrogen and oxygen atoms in total. The molecule has 36 heavy (non-hydrogen) atoms. The smallest absolute Gasteiger partial charge is 0.255 e. The van der Waals surface area contributed by atoms with Crippen LogP contribution in [0.15, 0.2) is 48.9 Å². The van der Waals surface area contributed by atoms with Gasteiger partial charge in [-0.25, -0.2) is 4.52 Å². The van der Waals surface area contributed by atoms with Crippen LogP contribution in [0.25, 0.3) is 16.8 Å². The summed E-state index contributed by atoms with van der Waals surface area (Å²) in [5.74, 6) is 0.799. The Kier molecular flexibility index (Phi) is 6.36. The second-order valence-electron chi connectivity index (χ2n) is 9.38. The Labute approximate surface area is 208 Å². The third-order valence-electron chi connectivity index (χ3n) is 6.49. The van der Waals surface area contributed by atoms with E-state index in [1.165, 1.54) is 0 Å². The van der Waals surface area contributed by atoms with Crippen molar-refractivity contribution in [2.75, 3.05) is 32.3 Å². The summed E-state index contributed by atoms with van der Waals surface area (Å²) in [6, 6.07) is 9.47. The number of alkyl halides is 1. The summed E-state index contributed by atoms with van der Waals surface area (Å²) >= 11 is 0. The van der Waals surface area contributed by atoms with Crippen molar-refractivity contribution in [1.82, 2.24) is 24.9 Å². The number of aromatic amines is 1. The van der Waals surface area contributed by atoms with E-state index in [0.29, 0.717) is 59.3 Å². The molecule has 0 spiro atoms. The van der Waals surface area contributed by atoms with Gasteiger partial charge in [0.25, 0.3) is 5.91 Å². The van der Waals surface area contributed by atoms with Crippen LogP contribution in [0.1, 0.15) is 42.2 Å². The summed E-state index contributed by atoms with van der Waals surface area (Å²) in [6.45, 7) is 4.04. The zero-order valence-corrected chi connectivity index (χ0v) is 20.5. The van der Waals surface area contributed by atoms with Crippen molar-refractivity contribution in [3.63, 3.8) is 0 Å². The van der Waals surface area contributed by atoms with E-state index >= 15 is 0 Å². The molecule has 1 amide bonds. The van der Waals surface area contributed by atoms with E-state index in [4.69, 9.17) is 9.47 Å². The van der Waals surface area contributed by atoms with Gasteiger partial charge >= 0.3 is 0 Å². The fraction of sp³-hybridized carbons (Fsp3) is 0.346. The highest BCUT2D eigenvalue weighted by atomic mass is 19.1. The molecule has 4 aromatic rings. The Bertz CT molecular complexity index is 1400. The molecule has 0 aromatic carbocycles. The van der Waals surface area contributed by atoms with E-state index in [0.717, 1.165) is 5.52 Å². The molecule has 0 unspecified atom stereocenters. The zero-order chi connectivity index (χ0) is 25.3. The standard InChI is InChI=1S/C26H29FN6O3/c1-26(2,35-3)15-36-19-14-28-11-9-18(19)23-24(31-20-6-4-5-17-8-12-30-33(17)20)21-22(32-23)16(7-10-27)13-29-25(21)34/h4-6,8-9,11-12,14,16,31-32H,7,10,13,15H2,1-3H3,(H,29,34)/t16-/m1/s1. The van der Waals surface area contributed by atoms with Gasteiger partial charge in [0.05, 0.1) is 47.1 Å². The normalized spacial score (nSPS) is 15.6. The van der Waals surface area contributed by atoms with Crippen LogP contribution in [0.4, 0.5) is 15.9 Å². The van der Waals surface area contributed by atoms with Gasteiger partial charge in [0.1, 0.15) is 18.2 Å². The highest BCUT2D eigenvalue weighted by Gasteiger charge is 2.33. The van der Waals surface area contributed by atoms with Crippen molar-refractivity contribution in [3.8, 4) is 17.0 Å². The fourth-order valence-electron chi connectivity index (χ4n) is 4.36. The van der Waals surface area contributed by atoms with Crippen LogP contribution >= 0.6 is 0 Å². The van der Waals surface area contributed by atoms with Crippen LogP contribution in [0, 0.1) is 0 Å². The van der Waals surface area contributed by atoms with Crippen LogP contribution in [0.2, 0.25) is 0 Å². The van der Waals surface area contributed by atoms with Crippen LogP contribution in [-0.4, -0.2) is 58.0 Å². The van der Waals surface area contributed by atoms with Gasteiger partial charge < -0.3 is 25.1 Å². The first-order valence-corrected chi connectivity index (χ1v) is 11.8. The molecule has 4 aromatic heterocycles. The number of rotatable bonds is 9. The zero-order valence-electron chi connectivity index (χ0n) is 20.5. The number of anilines is 2. The SMILES string of the molecule is COC(C)(C)COc1cnccc1-c1[nH]c2c(c1Nc1cccc3ccnn13)C(=O)NC[C@H]2CCF. The lowest BCUT2D eigenvalue weighted by atomic mass is 9.94. The van der Waals surface area contributed by atoms with E-state index < -0.39 is 12.3 Å². The molecule has 0 bridgehead atoms. The van der Waals surface area contributed by atoms with Gasteiger partial charge in [0, 0.05) is 37.0 Å². The van der Waals surface area contributed by atoms with Crippen LogP contribution < -0.4 is 15.4 Å². The van der Waals surface area contributed by atoms with Gasteiger partial charge in [-0.05, 0) is 44.5 Å². The van der Waals surface area contributed by atoms with E-state index in [1.54, 1.807) is 30.2 Å². The van der Waals surface area contributed by atoms with Crippen LogP contribution in [0.5, 0.6) is 5.75 Å². The number of carbonyl (C=O) groups is 1. The second kappa shape index (κ2) is 9.62. The first kappa shape index (κ1) is 23.8. The molecule has 1 aliphatic rings. The molecular formula is C26H29FN6O3. The van der Waals surface area contributed by atoms with Gasteiger partial charge in [-0.3, -0.25) is 14.2 Å². The van der Waals surface area contributed by atoms with Crippen molar-refractivity contribution < 1.29 is 18.7 Å². The van der Waals surface area contributed by atoms with Gasteiger partial charge in [-0.2, -0.15) is 5.10 Å². The Morgan fingerprint density at radius 3 is 2.92 bits per heavy atom. The number of pyridine rings is 2. The maximum atomic E-state index is 13.4. The minimum atomic E-state index is -0.509. The second-order valence-corrected chi connectivity index (χ2v) is 9.38. The fourth-order valence-corrected chi connectivity index (χ4v) is 4.36. The van der Waals surface area contributed by atoms with Crippen molar-refractivity contribution >= 4 is 22.9 Å². The topological polar surface area (TPSA) is 106 Å². The molecule has 1 aliphatic heterocycles. The van der Waals surface area contributed by atoms with E-state index in [2.05, 4.69) is 25.7 Å². The highest BCUT2D eigenvalue weighted by molar-refractivity contribution is 6.06. The predicted molar refractivity (Wildman–Crippen MR) is 135 cm³/mol. The highest BCUT2D eigenvalue weighted by Crippen LogP contribution is 2.43. The third-order valence-corrected chi connectivity index (χ3v) is 6.49. The first-order chi connectivity index (χ1) is 17.4. The lowest BCUT2D eigenvalue weighted by Gasteiger charge is -2.23. The average molecular weight is 493 g/mol. The lowest BCUT2D eigenvalue weighted by Crippen LogP contribution is -2.35. The minimum absolute atomic E-state index is 0.184. The van der Waals surface area contributed by atoms with Crippen molar-refractivity contribution in [3.05, 3.63) is 60.2 Å². The molecule has 0 radical (unpaired) electrons. The molecule has 1 atom stereocenters. The number of amides is 1. The molecule has 0 aliphatic carbocycles. The largest absolute Gasteiger partial charge is 0.488 e. The van der Waals surface area contributed by atoms with Gasteiger partial charge in [0.2, 0.25) is 0 Å². The number of hydrogen-bond acceptors (Lipinski definition) is 6. The summed E-state index contributed by atoms with van der Waals surface area (Å²) in [4.78, 5) is 20.8. The summed E-state index contributed by atoms with van der Waals surface area (Å²) in [6.07, 6.45) is 5.31. The summed E-state index contributed by atoms with van der Waals surface area (Å²) in [5.41, 5.74) is 3.48. The lowest BCUT2D eigenvalue weighted by molar-refractivity contribution is -0.0146. The Hall–Kier alpha value is -3.92. The van der Waals surface area contributed by atoms with E-state index in [-0.39, 0.29) is 11.8 Å². The Morgan fingerprint density at radius 1 is 1.25 bits per heavy atom. The van der Waals surface area contributed by atoms with Gasteiger partial charge in [-0.15, -0.1) is 0 Å². The number of fused-ring (bicyclic) bond motifs is 2. The Morgan fingerprint density at radius 2 is 2.11 bits per heavy atom. The number of methoxy groups -OCH3 is 1. The van der Waals surface area contributed by atoms with Crippen LogP contribution in [-0.2, 0) is 4.74 Å². The molecule has 0 saturated carbocycles. The summed E-state index contributed by atoms with van der Waals surface area (Å²) < 4.78 is 26.8. The number of hydrogen-bond donors (Lipinski definition) is 3. The molecule has 3 N–H and O–H groups in total. The molecule has 10 heteroatoms. The number of H-pyrrole nitrogens is 1. The van der Waals surface area contributed by atoms with Crippen LogP contribution in [0.3, 0.4) is 0 Å². The monoisotopic (exact) mass is 492 g/mol. The third kappa shape index (κ3) is 4.39. The van der Waals surface area contributed by atoms with Crippen molar-refractivity contribution in [1.29, 1.82) is 0 Å². The number of ether oxygens (including phenoxy) is 2. The number of nitrogens with zero attached hydrogens (tertiary/aromatic N) is 3. The number of nitrogens with one attached hydrogen (secondary N) is 3. The van der Waals surface area contributed by atoms with Crippen molar-refractivity contribution in [2.24, 2.45) is 0 Å². The summed E-state index contributed by atoms with van der Waals surface area (Å²) in [5, 5.41) is 10.7. The molecule has 0 fully saturated rings. The molecular weight excluding hydrogens is 463 g/mol. The minimum Gasteiger partial charge on any atom is -0.488 e. The quantitative estimate of drug-likeness (QED) is 0.319. The van der Waals surface area contributed by atoms with E-state index in [9.17, 15) is 9.18 Å². The molecule has 5 rings (SSSR count). The molecule has 188 valence electrons. The van der Waals surface area contributed by atoms with Gasteiger partial charge in [0.15, 0.2) is 0 Å². The van der Waals surface area contributed by atoms with Crippen molar-refractivity contribution in [2.45, 2.75) is 31.8 Å². The molecule has 5 heterocycles. The maximum Gasteiger partial charge on any atom is 0.255 e. The average Bonchev–Trinajstić information content (AvgIpc) is 3.51. The summed E-state index contributed by atoms with van der Waals surface area (Å²) in [7, 11) is 1.63. The Balaban J connectivity index is 1.66. The predicted octanol–water partition coefficient (Wildman–Crippen LogP) is 4.46. The number of carbonyl (C=O) groups excluding carboxylic acids is 1. The van der Waals surface area contributed by atoms with E-state index in [1.807, 2.05) is 44.2 Å². The number of aromatic nitrogens is 4.